The Morgan fingerprint density at radius 1 is 1.27 bits per heavy atom. The van der Waals surface area contributed by atoms with Gasteiger partial charge >= 0.3 is 0 Å². The van der Waals surface area contributed by atoms with Crippen LogP contribution in [0.2, 0.25) is 0 Å². The van der Waals surface area contributed by atoms with Crippen LogP contribution in [-0.2, 0) is 0 Å². The fourth-order valence-corrected chi connectivity index (χ4v) is 1.60. The van der Waals surface area contributed by atoms with Gasteiger partial charge in [-0.15, -0.1) is 0 Å². The molecule has 0 radical (unpaired) electrons. The van der Waals surface area contributed by atoms with E-state index in [1.807, 2.05) is 25.1 Å². The van der Waals surface area contributed by atoms with Crippen LogP contribution in [0.5, 0.6) is 5.88 Å². The van der Waals surface area contributed by atoms with Crippen molar-refractivity contribution in [2.75, 3.05) is 6.61 Å². The van der Waals surface area contributed by atoms with E-state index in [1.165, 1.54) is 5.39 Å². The second kappa shape index (κ2) is 4.30. The summed E-state index contributed by atoms with van der Waals surface area (Å²) in [6.07, 6.45) is 1.00. The molecule has 0 spiro atoms. The Morgan fingerprint density at radius 2 is 2.07 bits per heavy atom. The number of hydrogen-bond acceptors (Lipinski definition) is 2. The van der Waals surface area contributed by atoms with Crippen molar-refractivity contribution in [1.29, 1.82) is 0 Å². The van der Waals surface area contributed by atoms with Gasteiger partial charge < -0.3 is 4.74 Å². The van der Waals surface area contributed by atoms with Crippen molar-refractivity contribution < 1.29 is 4.74 Å². The summed E-state index contributed by atoms with van der Waals surface area (Å²) < 4.78 is 5.64. The largest absolute Gasteiger partial charge is 0.477 e. The van der Waals surface area contributed by atoms with Gasteiger partial charge in [-0.25, -0.2) is 4.98 Å². The minimum Gasteiger partial charge on any atom is -0.477 e. The number of hydrogen-bond donors (Lipinski definition) is 0. The van der Waals surface area contributed by atoms with Crippen molar-refractivity contribution in [3.63, 3.8) is 0 Å². The summed E-state index contributed by atoms with van der Waals surface area (Å²) in [4.78, 5) is 4.42. The molecule has 0 atom stereocenters. The molecule has 1 aromatic heterocycles. The molecule has 1 aromatic carbocycles. The summed E-state index contributed by atoms with van der Waals surface area (Å²) in [6.45, 7) is 4.81. The first-order chi connectivity index (χ1) is 7.31. The Labute approximate surface area is 89.9 Å². The Bertz CT molecular complexity index is 465. The van der Waals surface area contributed by atoms with Gasteiger partial charge in [-0.3, -0.25) is 0 Å². The van der Waals surface area contributed by atoms with Crippen LogP contribution in [0.15, 0.2) is 30.3 Å². The number of ether oxygens (including phenoxy) is 1. The molecule has 0 aliphatic carbocycles. The average molecular weight is 201 g/mol. The van der Waals surface area contributed by atoms with E-state index in [0.717, 1.165) is 30.0 Å². The van der Waals surface area contributed by atoms with Gasteiger partial charge in [0, 0.05) is 11.1 Å². The van der Waals surface area contributed by atoms with E-state index in [2.05, 4.69) is 24.0 Å². The maximum atomic E-state index is 5.64. The van der Waals surface area contributed by atoms with Crippen LogP contribution in [0.25, 0.3) is 10.8 Å². The summed E-state index contributed by atoms with van der Waals surface area (Å²) in [7, 11) is 0. The predicted octanol–water partition coefficient (Wildman–Crippen LogP) is 3.33. The zero-order chi connectivity index (χ0) is 10.7. The summed E-state index contributed by atoms with van der Waals surface area (Å²) in [5.74, 6) is 0.757. The number of nitrogens with zero attached hydrogens (tertiary/aromatic N) is 1. The van der Waals surface area contributed by atoms with E-state index in [-0.39, 0.29) is 0 Å². The van der Waals surface area contributed by atoms with Crippen LogP contribution in [0.4, 0.5) is 0 Å². The van der Waals surface area contributed by atoms with Crippen LogP contribution >= 0.6 is 0 Å². The average Bonchev–Trinajstić information content (AvgIpc) is 2.25. The lowest BCUT2D eigenvalue weighted by Crippen LogP contribution is -1.99. The molecule has 2 aromatic rings. The van der Waals surface area contributed by atoms with Crippen molar-refractivity contribution >= 4 is 10.8 Å². The molecule has 2 heteroatoms. The van der Waals surface area contributed by atoms with Gasteiger partial charge in [0.05, 0.1) is 6.61 Å². The van der Waals surface area contributed by atoms with Crippen molar-refractivity contribution in [3.8, 4) is 5.88 Å². The molecule has 1 heterocycles. The molecule has 78 valence electrons. The highest BCUT2D eigenvalue weighted by molar-refractivity contribution is 5.87. The molecule has 0 amide bonds. The predicted molar refractivity (Wildman–Crippen MR) is 62.3 cm³/mol. The van der Waals surface area contributed by atoms with Crippen LogP contribution in [0.3, 0.4) is 0 Å². The molecular formula is C13H15NO. The van der Waals surface area contributed by atoms with Crippen LogP contribution in [0, 0.1) is 6.92 Å². The van der Waals surface area contributed by atoms with E-state index in [4.69, 9.17) is 4.74 Å². The number of benzene rings is 1. The molecule has 0 saturated heterocycles. The van der Waals surface area contributed by atoms with Crippen LogP contribution < -0.4 is 4.74 Å². The quantitative estimate of drug-likeness (QED) is 0.759. The molecule has 0 aliphatic rings. The van der Waals surface area contributed by atoms with Gasteiger partial charge in [0.1, 0.15) is 0 Å². The number of fused-ring (bicyclic) bond motifs is 1. The molecule has 2 nitrogen and oxygen atoms in total. The number of aryl methyl sites for hydroxylation is 1. The van der Waals surface area contributed by atoms with E-state index < -0.39 is 0 Å². The minimum absolute atomic E-state index is 0.723. The highest BCUT2D eigenvalue weighted by Crippen LogP contribution is 2.24. The van der Waals surface area contributed by atoms with Gasteiger partial charge in [-0.1, -0.05) is 25.1 Å². The summed E-state index contributed by atoms with van der Waals surface area (Å²) in [6, 6.07) is 10.3. The van der Waals surface area contributed by atoms with Crippen LogP contribution in [-0.4, -0.2) is 11.6 Å². The van der Waals surface area contributed by atoms with Crippen LogP contribution in [0.1, 0.15) is 19.0 Å². The Hall–Kier alpha value is -1.57. The molecule has 0 unspecified atom stereocenters. The van der Waals surface area contributed by atoms with E-state index in [9.17, 15) is 0 Å². The molecule has 0 bridgehead atoms. The maximum Gasteiger partial charge on any atom is 0.221 e. The molecule has 15 heavy (non-hydrogen) atoms. The lowest BCUT2D eigenvalue weighted by molar-refractivity contribution is 0.309. The Balaban J connectivity index is 2.50. The summed E-state index contributed by atoms with van der Waals surface area (Å²) >= 11 is 0. The SMILES string of the molecule is CCCOc1nc(C)cc2ccccc12. The second-order valence-electron chi connectivity index (χ2n) is 3.64. The first-order valence-electron chi connectivity index (χ1n) is 5.30. The number of rotatable bonds is 3. The Kier molecular flexibility index (Phi) is 2.86. The summed E-state index contributed by atoms with van der Waals surface area (Å²) in [5, 5.41) is 2.28. The zero-order valence-electron chi connectivity index (χ0n) is 9.16. The standard InChI is InChI=1S/C13H15NO/c1-3-8-15-13-12-7-5-4-6-11(12)9-10(2)14-13/h4-7,9H,3,8H2,1-2H3. The van der Waals surface area contributed by atoms with Crippen molar-refractivity contribution in [2.45, 2.75) is 20.3 Å². The number of aromatic nitrogens is 1. The lowest BCUT2D eigenvalue weighted by Gasteiger charge is -2.08. The maximum absolute atomic E-state index is 5.64. The number of pyridine rings is 1. The minimum atomic E-state index is 0.723. The molecule has 0 aliphatic heterocycles. The first kappa shape index (κ1) is 9.97. The molecule has 0 fully saturated rings. The highest BCUT2D eigenvalue weighted by atomic mass is 16.5. The monoisotopic (exact) mass is 201 g/mol. The molecular weight excluding hydrogens is 186 g/mol. The van der Waals surface area contributed by atoms with E-state index in [1.54, 1.807) is 0 Å². The van der Waals surface area contributed by atoms with Crippen molar-refractivity contribution in [2.24, 2.45) is 0 Å². The van der Waals surface area contributed by atoms with Crippen molar-refractivity contribution in [3.05, 3.63) is 36.0 Å². The van der Waals surface area contributed by atoms with Gasteiger partial charge in [0.15, 0.2) is 0 Å². The normalized spacial score (nSPS) is 10.5. The van der Waals surface area contributed by atoms with Crippen molar-refractivity contribution in [1.82, 2.24) is 4.98 Å². The topological polar surface area (TPSA) is 22.1 Å². The fraction of sp³-hybridized carbons (Fsp3) is 0.308. The van der Waals surface area contributed by atoms with Gasteiger partial charge in [0.25, 0.3) is 0 Å². The first-order valence-corrected chi connectivity index (χ1v) is 5.30. The third-order valence-corrected chi connectivity index (χ3v) is 2.28. The smallest absolute Gasteiger partial charge is 0.221 e. The molecule has 0 N–H and O–H groups in total. The second-order valence-corrected chi connectivity index (χ2v) is 3.64. The van der Waals surface area contributed by atoms with E-state index in [0.29, 0.717) is 0 Å². The van der Waals surface area contributed by atoms with Gasteiger partial charge in [-0.2, -0.15) is 0 Å². The summed E-state index contributed by atoms with van der Waals surface area (Å²) in [5.41, 5.74) is 1.000. The lowest BCUT2D eigenvalue weighted by atomic mass is 10.1. The Morgan fingerprint density at radius 3 is 2.87 bits per heavy atom. The third kappa shape index (κ3) is 2.09. The molecule has 2 rings (SSSR count). The third-order valence-electron chi connectivity index (χ3n) is 2.28. The van der Waals surface area contributed by atoms with Gasteiger partial charge in [0.2, 0.25) is 5.88 Å². The highest BCUT2D eigenvalue weighted by Gasteiger charge is 2.03. The fourth-order valence-electron chi connectivity index (χ4n) is 1.60. The zero-order valence-corrected chi connectivity index (χ0v) is 9.16. The van der Waals surface area contributed by atoms with E-state index >= 15 is 0 Å². The molecule has 0 saturated carbocycles. The van der Waals surface area contributed by atoms with Gasteiger partial charge in [-0.05, 0) is 30.9 Å².